The molecule has 1 heterocycles. The second-order valence-corrected chi connectivity index (χ2v) is 7.44. The number of primary amides is 1. The molecule has 1 fully saturated rings. The Hall–Kier alpha value is -3.88. The number of carbonyl (C=O) groups excluding carboxylic acids is 2. The van der Waals surface area contributed by atoms with Crippen molar-refractivity contribution in [3.05, 3.63) is 53.0 Å². The van der Waals surface area contributed by atoms with Gasteiger partial charge in [0.05, 0.1) is 37.4 Å². The van der Waals surface area contributed by atoms with Crippen LogP contribution >= 0.6 is 0 Å². The van der Waals surface area contributed by atoms with Gasteiger partial charge in [-0.1, -0.05) is 12.1 Å². The van der Waals surface area contributed by atoms with Gasteiger partial charge < -0.3 is 19.9 Å². The zero-order valence-electron chi connectivity index (χ0n) is 17.6. The third-order valence-corrected chi connectivity index (χ3v) is 5.22. The number of nitrogens with zero attached hydrogens (tertiary/aromatic N) is 2. The summed E-state index contributed by atoms with van der Waals surface area (Å²) in [6, 6.07) is 6.77. The van der Waals surface area contributed by atoms with Gasteiger partial charge in [-0.25, -0.2) is 14.0 Å². The minimum absolute atomic E-state index is 0.127. The zero-order chi connectivity index (χ0) is 22.8. The van der Waals surface area contributed by atoms with Gasteiger partial charge in [0.1, 0.15) is 11.3 Å². The molecule has 4 rings (SSSR count). The van der Waals surface area contributed by atoms with E-state index >= 15 is 0 Å². The Kier molecular flexibility index (Phi) is 5.81. The average molecular weight is 439 g/mol. The van der Waals surface area contributed by atoms with Crippen molar-refractivity contribution < 1.29 is 28.2 Å². The van der Waals surface area contributed by atoms with Crippen LogP contribution in [0.15, 0.2) is 30.3 Å². The van der Waals surface area contributed by atoms with Crippen molar-refractivity contribution in [1.82, 2.24) is 9.78 Å². The predicted octanol–water partition coefficient (Wildman–Crippen LogP) is 3.86. The highest BCUT2D eigenvalue weighted by Gasteiger charge is 2.26. The van der Waals surface area contributed by atoms with Crippen molar-refractivity contribution in [2.75, 3.05) is 20.8 Å². The van der Waals surface area contributed by atoms with Crippen LogP contribution in [0.4, 0.5) is 9.18 Å². The Bertz CT molecular complexity index is 1230. The molecule has 0 unspecified atom stereocenters. The number of halogens is 1. The van der Waals surface area contributed by atoms with E-state index in [1.165, 1.54) is 32.4 Å². The molecule has 0 radical (unpaired) electrons. The summed E-state index contributed by atoms with van der Waals surface area (Å²) < 4.78 is 30.9. The van der Waals surface area contributed by atoms with Crippen LogP contribution in [0.5, 0.6) is 11.5 Å². The van der Waals surface area contributed by atoms with Gasteiger partial charge >= 0.3 is 12.0 Å². The number of ether oxygens (including phenoxy) is 3. The standard InChI is InChI=1S/C23H22FN3O5/c1-30-19-10-6-13(11-16(19)24)5-8-17-20-18(27(26-17)23(25)29)9-7-15(21(20)31-2)22(28)32-12-14-3-4-14/h5-11,14H,3-4,12H2,1-2H3,(H2,25,29). The van der Waals surface area contributed by atoms with E-state index in [2.05, 4.69) is 5.10 Å². The van der Waals surface area contributed by atoms with E-state index in [1.54, 1.807) is 24.3 Å². The first-order chi connectivity index (χ1) is 15.4. The SMILES string of the molecule is COc1ccc(C=Cc2nn(C(N)=O)c3ccc(C(=O)OCC4CC4)c(OC)c23)cc1F. The molecule has 0 aliphatic heterocycles. The molecule has 32 heavy (non-hydrogen) atoms. The van der Waals surface area contributed by atoms with E-state index in [0.717, 1.165) is 17.5 Å². The summed E-state index contributed by atoms with van der Waals surface area (Å²) in [6.07, 6.45) is 5.31. The van der Waals surface area contributed by atoms with Gasteiger partial charge in [0.2, 0.25) is 0 Å². The van der Waals surface area contributed by atoms with E-state index in [9.17, 15) is 14.0 Å². The van der Waals surface area contributed by atoms with Gasteiger partial charge in [-0.05, 0) is 54.7 Å². The number of benzene rings is 2. The van der Waals surface area contributed by atoms with Crippen LogP contribution in [0.3, 0.4) is 0 Å². The van der Waals surface area contributed by atoms with Crippen molar-refractivity contribution >= 4 is 35.1 Å². The van der Waals surface area contributed by atoms with Crippen LogP contribution in [0, 0.1) is 11.7 Å². The first kappa shape index (κ1) is 21.4. The number of amides is 1. The van der Waals surface area contributed by atoms with Gasteiger partial charge in [0.25, 0.3) is 0 Å². The summed E-state index contributed by atoms with van der Waals surface area (Å²) in [7, 11) is 2.80. The Labute approximate surface area is 183 Å². The van der Waals surface area contributed by atoms with E-state index in [4.69, 9.17) is 19.9 Å². The Morgan fingerprint density at radius 3 is 2.59 bits per heavy atom. The van der Waals surface area contributed by atoms with Crippen molar-refractivity contribution in [3.8, 4) is 11.5 Å². The van der Waals surface area contributed by atoms with Crippen molar-refractivity contribution in [2.24, 2.45) is 11.7 Å². The summed E-state index contributed by atoms with van der Waals surface area (Å²) in [6.45, 7) is 0.358. The monoisotopic (exact) mass is 439 g/mol. The summed E-state index contributed by atoms with van der Waals surface area (Å²) >= 11 is 0. The van der Waals surface area contributed by atoms with Gasteiger partial charge in [0.15, 0.2) is 11.6 Å². The number of nitrogens with two attached hydrogens (primary N) is 1. The minimum Gasteiger partial charge on any atom is -0.495 e. The van der Waals surface area contributed by atoms with Crippen LogP contribution in [-0.2, 0) is 4.74 Å². The molecular weight excluding hydrogens is 417 g/mol. The van der Waals surface area contributed by atoms with E-state index in [-0.39, 0.29) is 17.1 Å². The summed E-state index contributed by atoms with van der Waals surface area (Å²) in [5, 5.41) is 4.67. The molecule has 0 bridgehead atoms. The highest BCUT2D eigenvalue weighted by Crippen LogP contribution is 2.35. The molecule has 0 atom stereocenters. The van der Waals surface area contributed by atoms with Crippen LogP contribution in [0.25, 0.3) is 23.1 Å². The predicted molar refractivity (Wildman–Crippen MR) is 116 cm³/mol. The first-order valence-corrected chi connectivity index (χ1v) is 10.0. The topological polar surface area (TPSA) is 106 Å². The van der Waals surface area contributed by atoms with Crippen molar-refractivity contribution in [3.63, 3.8) is 0 Å². The highest BCUT2D eigenvalue weighted by atomic mass is 19.1. The Balaban J connectivity index is 1.78. The van der Waals surface area contributed by atoms with Gasteiger partial charge in [-0.3, -0.25) is 0 Å². The third-order valence-electron chi connectivity index (χ3n) is 5.22. The van der Waals surface area contributed by atoms with E-state index < -0.39 is 17.8 Å². The molecule has 1 saturated carbocycles. The van der Waals surface area contributed by atoms with Crippen LogP contribution in [-0.4, -0.2) is 42.6 Å². The number of methoxy groups -OCH3 is 2. The van der Waals surface area contributed by atoms with E-state index in [1.807, 2.05) is 0 Å². The second kappa shape index (κ2) is 8.70. The summed E-state index contributed by atoms with van der Waals surface area (Å²) in [4.78, 5) is 24.6. The van der Waals surface area contributed by atoms with E-state index in [0.29, 0.717) is 34.7 Å². The van der Waals surface area contributed by atoms with Crippen LogP contribution in [0.2, 0.25) is 0 Å². The Morgan fingerprint density at radius 1 is 1.19 bits per heavy atom. The smallest absolute Gasteiger partial charge is 0.341 e. The lowest BCUT2D eigenvalue weighted by Gasteiger charge is -2.10. The fraction of sp³-hybridized carbons (Fsp3) is 0.261. The number of carbonyl (C=O) groups is 2. The minimum atomic E-state index is -0.795. The lowest BCUT2D eigenvalue weighted by atomic mass is 10.1. The maximum Gasteiger partial charge on any atom is 0.341 e. The molecule has 8 nitrogen and oxygen atoms in total. The summed E-state index contributed by atoms with van der Waals surface area (Å²) in [5.74, 6) is -0.275. The Morgan fingerprint density at radius 2 is 1.97 bits per heavy atom. The molecule has 0 saturated heterocycles. The number of rotatable bonds is 7. The maximum absolute atomic E-state index is 14.0. The van der Waals surface area contributed by atoms with Gasteiger partial charge in [-0.2, -0.15) is 9.78 Å². The van der Waals surface area contributed by atoms with Crippen molar-refractivity contribution in [1.29, 1.82) is 0 Å². The summed E-state index contributed by atoms with van der Waals surface area (Å²) in [5.41, 5.74) is 6.93. The van der Waals surface area contributed by atoms with Crippen LogP contribution < -0.4 is 15.2 Å². The molecule has 3 aromatic rings. The number of aromatic nitrogens is 2. The lowest BCUT2D eigenvalue weighted by molar-refractivity contribution is 0.0483. The molecule has 2 aromatic carbocycles. The average Bonchev–Trinajstić information content (AvgIpc) is 3.54. The van der Waals surface area contributed by atoms with Gasteiger partial charge in [0, 0.05) is 0 Å². The molecule has 0 spiro atoms. The van der Waals surface area contributed by atoms with Gasteiger partial charge in [-0.15, -0.1) is 0 Å². The van der Waals surface area contributed by atoms with Crippen molar-refractivity contribution in [2.45, 2.75) is 12.8 Å². The molecule has 1 aliphatic rings. The molecule has 9 heteroatoms. The molecule has 2 N–H and O–H groups in total. The number of hydrogen-bond donors (Lipinski definition) is 1. The fourth-order valence-corrected chi connectivity index (χ4v) is 3.38. The number of fused-ring (bicyclic) bond motifs is 1. The largest absolute Gasteiger partial charge is 0.495 e. The van der Waals surface area contributed by atoms with Crippen LogP contribution in [0.1, 0.15) is 34.5 Å². The molecular formula is C23H22FN3O5. The second-order valence-electron chi connectivity index (χ2n) is 7.44. The molecule has 1 aromatic heterocycles. The molecule has 1 aliphatic carbocycles. The first-order valence-electron chi connectivity index (χ1n) is 10.0. The maximum atomic E-state index is 14.0. The third kappa shape index (κ3) is 4.14. The quantitative estimate of drug-likeness (QED) is 0.561. The lowest BCUT2D eigenvalue weighted by Crippen LogP contribution is -2.20. The molecule has 166 valence electrons. The zero-order valence-corrected chi connectivity index (χ0v) is 17.6. The molecule has 1 amide bonds. The number of esters is 1. The number of hydrogen-bond acceptors (Lipinski definition) is 6. The normalized spacial score (nSPS) is 13.5. The highest BCUT2D eigenvalue weighted by molar-refractivity contribution is 6.05. The fourth-order valence-electron chi connectivity index (χ4n) is 3.38.